The van der Waals surface area contributed by atoms with Gasteiger partial charge in [-0.15, -0.1) is 23.7 Å². The van der Waals surface area contributed by atoms with Crippen molar-refractivity contribution in [1.29, 1.82) is 0 Å². The minimum atomic E-state index is 0. The first-order valence-electron chi connectivity index (χ1n) is 6.98. The lowest BCUT2D eigenvalue weighted by atomic mass is 10.1. The molecule has 3 aromatic heterocycles. The van der Waals surface area contributed by atoms with Gasteiger partial charge in [-0.3, -0.25) is 4.98 Å². The van der Waals surface area contributed by atoms with Gasteiger partial charge in [0.15, 0.2) is 0 Å². The molecule has 0 amide bonds. The maximum atomic E-state index is 6.23. The number of anilines is 1. The van der Waals surface area contributed by atoms with Crippen LogP contribution in [-0.2, 0) is 6.42 Å². The standard InChI is InChI=1S/C16H19N3OS.ClH/c1-9-14-16(21-15(9)10(2)18-3)13(17)8-11(19-14)7-12-5-4-6-20-12;/h4-6,8,10,18H,7H2,1-3H3,(H2,17,19);1H/t10-;/m0./s1. The lowest BCUT2D eigenvalue weighted by Crippen LogP contribution is -2.11. The Bertz CT molecular complexity index is 767. The summed E-state index contributed by atoms with van der Waals surface area (Å²) in [7, 11) is 1.97. The zero-order chi connectivity index (χ0) is 15.0. The van der Waals surface area contributed by atoms with Gasteiger partial charge in [0, 0.05) is 17.3 Å². The second-order valence-corrected chi connectivity index (χ2v) is 6.29. The molecule has 0 aliphatic rings. The maximum absolute atomic E-state index is 6.23. The molecule has 3 N–H and O–H groups in total. The summed E-state index contributed by atoms with van der Waals surface area (Å²) in [6.07, 6.45) is 2.35. The molecule has 4 nitrogen and oxygen atoms in total. The molecule has 1 atom stereocenters. The molecule has 0 aliphatic heterocycles. The van der Waals surface area contributed by atoms with Crippen molar-refractivity contribution < 1.29 is 4.42 Å². The summed E-state index contributed by atoms with van der Waals surface area (Å²) in [6, 6.07) is 6.10. The van der Waals surface area contributed by atoms with Gasteiger partial charge in [0.1, 0.15) is 5.76 Å². The lowest BCUT2D eigenvalue weighted by molar-refractivity contribution is 0.519. The van der Waals surface area contributed by atoms with Crippen molar-refractivity contribution in [3.8, 4) is 0 Å². The number of fused-ring (bicyclic) bond motifs is 1. The van der Waals surface area contributed by atoms with E-state index < -0.39 is 0 Å². The summed E-state index contributed by atoms with van der Waals surface area (Å²) >= 11 is 1.73. The van der Waals surface area contributed by atoms with Gasteiger partial charge in [-0.25, -0.2) is 0 Å². The molecule has 3 rings (SSSR count). The summed E-state index contributed by atoms with van der Waals surface area (Å²) in [5.74, 6) is 0.901. The maximum Gasteiger partial charge on any atom is 0.109 e. The molecule has 6 heteroatoms. The van der Waals surface area contributed by atoms with Crippen molar-refractivity contribution in [1.82, 2.24) is 10.3 Å². The number of hydrogen-bond donors (Lipinski definition) is 2. The Labute approximate surface area is 140 Å². The third-order valence-corrected chi connectivity index (χ3v) is 5.27. The number of rotatable bonds is 4. The van der Waals surface area contributed by atoms with E-state index in [0.29, 0.717) is 12.5 Å². The van der Waals surface area contributed by atoms with Gasteiger partial charge in [-0.2, -0.15) is 0 Å². The monoisotopic (exact) mass is 337 g/mol. The first-order chi connectivity index (χ1) is 10.1. The lowest BCUT2D eigenvalue weighted by Gasteiger charge is -2.08. The molecule has 3 aromatic rings. The highest BCUT2D eigenvalue weighted by atomic mass is 35.5. The fourth-order valence-electron chi connectivity index (χ4n) is 2.50. The van der Waals surface area contributed by atoms with Crippen LogP contribution in [0.2, 0.25) is 0 Å². The number of thiophene rings is 1. The highest BCUT2D eigenvalue weighted by molar-refractivity contribution is 7.20. The minimum absolute atomic E-state index is 0. The molecule has 0 spiro atoms. The van der Waals surface area contributed by atoms with Gasteiger partial charge in [0.25, 0.3) is 0 Å². The van der Waals surface area contributed by atoms with Crippen LogP contribution in [0.25, 0.3) is 10.2 Å². The Morgan fingerprint density at radius 3 is 2.86 bits per heavy atom. The van der Waals surface area contributed by atoms with Crippen LogP contribution in [0.3, 0.4) is 0 Å². The number of pyridine rings is 1. The zero-order valence-electron chi connectivity index (χ0n) is 12.8. The molecule has 0 saturated carbocycles. The van der Waals surface area contributed by atoms with Crippen molar-refractivity contribution in [2.75, 3.05) is 12.8 Å². The number of hydrogen-bond acceptors (Lipinski definition) is 5. The number of halogens is 1. The highest BCUT2D eigenvalue weighted by Gasteiger charge is 2.17. The normalized spacial score (nSPS) is 12.3. The van der Waals surface area contributed by atoms with Gasteiger partial charge >= 0.3 is 0 Å². The van der Waals surface area contributed by atoms with Crippen LogP contribution in [0.5, 0.6) is 0 Å². The Balaban J connectivity index is 0.00000176. The average Bonchev–Trinajstić information content (AvgIpc) is 3.08. The third kappa shape index (κ3) is 2.97. The first-order valence-corrected chi connectivity index (χ1v) is 7.79. The van der Waals surface area contributed by atoms with E-state index in [2.05, 4.69) is 19.2 Å². The van der Waals surface area contributed by atoms with E-state index in [4.69, 9.17) is 15.1 Å². The zero-order valence-corrected chi connectivity index (χ0v) is 14.5. The average molecular weight is 338 g/mol. The predicted molar refractivity (Wildman–Crippen MR) is 95.0 cm³/mol. The van der Waals surface area contributed by atoms with E-state index in [-0.39, 0.29) is 12.4 Å². The van der Waals surface area contributed by atoms with Crippen LogP contribution in [0, 0.1) is 6.92 Å². The second kappa shape index (κ2) is 6.69. The molecule has 0 bridgehead atoms. The number of aryl methyl sites for hydroxylation is 1. The molecule has 118 valence electrons. The number of nitrogens with two attached hydrogens (primary N) is 1. The second-order valence-electron chi connectivity index (χ2n) is 5.24. The molecule has 0 aromatic carbocycles. The van der Waals surface area contributed by atoms with E-state index >= 15 is 0 Å². The van der Waals surface area contributed by atoms with E-state index in [0.717, 1.165) is 27.4 Å². The predicted octanol–water partition coefficient (Wildman–Crippen LogP) is 4.07. The summed E-state index contributed by atoms with van der Waals surface area (Å²) in [4.78, 5) is 6.08. The van der Waals surface area contributed by atoms with Crippen molar-refractivity contribution in [3.63, 3.8) is 0 Å². The van der Waals surface area contributed by atoms with Crippen LogP contribution in [0.4, 0.5) is 5.69 Å². The SMILES string of the molecule is CN[C@@H](C)c1sc2c(N)cc(Cc3ccco3)nc2c1C.Cl. The van der Waals surface area contributed by atoms with Gasteiger partial charge in [0.05, 0.1) is 27.9 Å². The molecule has 0 aliphatic carbocycles. The fraction of sp³-hybridized carbons (Fsp3) is 0.312. The molecule has 0 fully saturated rings. The Morgan fingerprint density at radius 2 is 2.23 bits per heavy atom. The van der Waals surface area contributed by atoms with Crippen LogP contribution >= 0.6 is 23.7 Å². The van der Waals surface area contributed by atoms with Crippen LogP contribution in [0.15, 0.2) is 28.9 Å². The number of aromatic nitrogens is 1. The molecule has 0 radical (unpaired) electrons. The summed E-state index contributed by atoms with van der Waals surface area (Å²) in [5, 5.41) is 3.28. The molecule has 22 heavy (non-hydrogen) atoms. The minimum Gasteiger partial charge on any atom is -0.469 e. The van der Waals surface area contributed by atoms with Gasteiger partial charge in [0.2, 0.25) is 0 Å². The smallest absolute Gasteiger partial charge is 0.109 e. The number of furan rings is 1. The molecule has 3 heterocycles. The largest absolute Gasteiger partial charge is 0.469 e. The Hall–Kier alpha value is -1.56. The quantitative estimate of drug-likeness (QED) is 0.753. The highest BCUT2D eigenvalue weighted by Crippen LogP contribution is 2.37. The topological polar surface area (TPSA) is 64.1 Å². The Morgan fingerprint density at radius 1 is 1.45 bits per heavy atom. The first kappa shape index (κ1) is 16.8. The molecular weight excluding hydrogens is 318 g/mol. The molecule has 0 unspecified atom stereocenters. The van der Waals surface area contributed by atoms with E-state index in [9.17, 15) is 0 Å². The van der Waals surface area contributed by atoms with E-state index in [1.165, 1.54) is 10.4 Å². The molecular formula is C16H20ClN3OS. The fourth-order valence-corrected chi connectivity index (χ4v) is 3.74. The van der Waals surface area contributed by atoms with Crippen LogP contribution < -0.4 is 11.1 Å². The van der Waals surface area contributed by atoms with Crippen molar-refractivity contribution in [3.05, 3.63) is 46.4 Å². The van der Waals surface area contributed by atoms with Gasteiger partial charge in [-0.1, -0.05) is 0 Å². The number of nitrogens with zero attached hydrogens (tertiary/aromatic N) is 1. The van der Waals surface area contributed by atoms with E-state index in [1.54, 1.807) is 17.6 Å². The third-order valence-electron chi connectivity index (χ3n) is 3.75. The van der Waals surface area contributed by atoms with Crippen LogP contribution in [0.1, 0.15) is 34.9 Å². The Kier molecular flexibility index (Phi) is 5.11. The number of nitrogens with one attached hydrogen (secondary N) is 1. The van der Waals surface area contributed by atoms with Crippen molar-refractivity contribution >= 4 is 39.6 Å². The number of nitrogen functional groups attached to an aromatic ring is 1. The van der Waals surface area contributed by atoms with Crippen LogP contribution in [-0.4, -0.2) is 12.0 Å². The van der Waals surface area contributed by atoms with Crippen molar-refractivity contribution in [2.24, 2.45) is 0 Å². The summed E-state index contributed by atoms with van der Waals surface area (Å²) < 4.78 is 6.47. The van der Waals surface area contributed by atoms with Gasteiger partial charge < -0.3 is 15.5 Å². The summed E-state index contributed by atoms with van der Waals surface area (Å²) in [6.45, 7) is 4.27. The van der Waals surface area contributed by atoms with E-state index in [1.807, 2.05) is 25.2 Å². The van der Waals surface area contributed by atoms with Crippen molar-refractivity contribution in [2.45, 2.75) is 26.3 Å². The molecule has 0 saturated heterocycles. The summed E-state index contributed by atoms with van der Waals surface area (Å²) in [5.41, 5.74) is 10.2. The van der Waals surface area contributed by atoms with Gasteiger partial charge in [-0.05, 0) is 44.7 Å².